The van der Waals surface area contributed by atoms with Crippen LogP contribution in [0.5, 0.6) is 0 Å². The number of carbonyl (C=O) groups excluding carboxylic acids is 3. The molecule has 7 nitrogen and oxygen atoms in total. The van der Waals surface area contributed by atoms with E-state index in [4.69, 9.17) is 4.74 Å². The van der Waals surface area contributed by atoms with E-state index in [2.05, 4.69) is 10.6 Å². The first-order valence-electron chi connectivity index (χ1n) is 9.24. The summed E-state index contributed by atoms with van der Waals surface area (Å²) in [4.78, 5) is 35.9. The molecule has 152 valence electrons. The molecule has 2 N–H and O–H groups in total. The van der Waals surface area contributed by atoms with Crippen molar-refractivity contribution in [1.29, 1.82) is 0 Å². The molecule has 0 aromatic heterocycles. The molecular weight excluding hydrogens is 346 g/mol. The largest absolute Gasteiger partial charge is 0.497 e. The maximum absolute atomic E-state index is 12.6. The number of ether oxygens (including phenoxy) is 1. The molecule has 2 atom stereocenters. The quantitative estimate of drug-likeness (QED) is 0.272. The fourth-order valence-electron chi connectivity index (χ4n) is 2.19. The number of aldehydes is 1. The molecule has 0 fully saturated rings. The van der Waals surface area contributed by atoms with E-state index in [1.807, 2.05) is 45.1 Å². The Kier molecular flexibility index (Phi) is 14.4. The molecule has 0 aliphatic carbocycles. The van der Waals surface area contributed by atoms with Gasteiger partial charge in [-0.25, -0.2) is 0 Å². The number of hydrogen-bond acceptors (Lipinski definition) is 5. The number of allylic oxidation sites excluding steroid dienone is 5. The Morgan fingerprint density at radius 1 is 1.19 bits per heavy atom. The van der Waals surface area contributed by atoms with Crippen LogP contribution >= 0.6 is 0 Å². The van der Waals surface area contributed by atoms with Gasteiger partial charge < -0.3 is 25.1 Å². The Hall–Kier alpha value is -2.41. The molecule has 0 aliphatic heterocycles. The third-order valence-corrected chi connectivity index (χ3v) is 3.58. The summed E-state index contributed by atoms with van der Waals surface area (Å²) in [5.41, 5.74) is 0. The molecule has 0 aromatic rings. The van der Waals surface area contributed by atoms with E-state index in [-0.39, 0.29) is 37.0 Å². The third kappa shape index (κ3) is 12.6. The van der Waals surface area contributed by atoms with Gasteiger partial charge in [0.05, 0.1) is 25.4 Å². The Morgan fingerprint density at radius 3 is 2.52 bits per heavy atom. The van der Waals surface area contributed by atoms with Crippen LogP contribution in [-0.4, -0.2) is 61.8 Å². The van der Waals surface area contributed by atoms with E-state index in [9.17, 15) is 14.4 Å². The summed E-state index contributed by atoms with van der Waals surface area (Å²) in [6.45, 7) is 6.23. The Labute approximate surface area is 162 Å². The van der Waals surface area contributed by atoms with Gasteiger partial charge in [0.2, 0.25) is 11.8 Å². The standard InChI is InChI=1S/C20H33N3O4/c1-5-7-8-9-10-14-27-17(3)15-22-18(11-6-2)20(26)23(4)16-19(25)21-12-13-24/h5,7-10,13-14,17-18,22H,6,11-12,15-16H2,1-4H3,(H,21,25)/b7-5-,9-8-,14-10+/t17-,18?/m1/s1. The lowest BCUT2D eigenvalue weighted by molar-refractivity contribution is -0.136. The van der Waals surface area contributed by atoms with E-state index in [1.165, 1.54) is 4.90 Å². The number of nitrogens with zero attached hydrogens (tertiary/aromatic N) is 1. The lowest BCUT2D eigenvalue weighted by Gasteiger charge is -2.25. The van der Waals surface area contributed by atoms with Crippen molar-refractivity contribution in [2.75, 3.05) is 26.7 Å². The minimum atomic E-state index is -0.386. The van der Waals surface area contributed by atoms with Crippen LogP contribution in [0.4, 0.5) is 0 Å². The van der Waals surface area contributed by atoms with Gasteiger partial charge in [0.1, 0.15) is 12.4 Å². The van der Waals surface area contributed by atoms with Crippen LogP contribution in [0.25, 0.3) is 0 Å². The van der Waals surface area contributed by atoms with E-state index < -0.39 is 0 Å². The van der Waals surface area contributed by atoms with Crippen LogP contribution in [0, 0.1) is 0 Å². The lowest BCUT2D eigenvalue weighted by Crippen LogP contribution is -2.49. The lowest BCUT2D eigenvalue weighted by atomic mass is 10.1. The van der Waals surface area contributed by atoms with Crippen LogP contribution in [0.3, 0.4) is 0 Å². The normalized spacial score (nSPS) is 13.8. The smallest absolute Gasteiger partial charge is 0.239 e. The Morgan fingerprint density at radius 2 is 1.89 bits per heavy atom. The zero-order chi connectivity index (χ0) is 20.5. The van der Waals surface area contributed by atoms with Crippen LogP contribution in [-0.2, 0) is 19.1 Å². The van der Waals surface area contributed by atoms with Gasteiger partial charge in [-0.05, 0) is 26.3 Å². The van der Waals surface area contributed by atoms with Crippen LogP contribution in [0.15, 0.2) is 36.6 Å². The van der Waals surface area contributed by atoms with E-state index >= 15 is 0 Å². The van der Waals surface area contributed by atoms with Crippen molar-refractivity contribution in [3.8, 4) is 0 Å². The van der Waals surface area contributed by atoms with E-state index in [0.29, 0.717) is 19.3 Å². The summed E-state index contributed by atoms with van der Waals surface area (Å²) in [5.74, 6) is -0.517. The second kappa shape index (κ2) is 15.8. The molecule has 0 rings (SSSR count). The van der Waals surface area contributed by atoms with E-state index in [0.717, 1.165) is 6.42 Å². The highest BCUT2D eigenvalue weighted by molar-refractivity contribution is 5.87. The molecule has 0 spiro atoms. The van der Waals surface area contributed by atoms with Crippen molar-refractivity contribution in [3.63, 3.8) is 0 Å². The number of nitrogens with one attached hydrogen (secondary N) is 2. The molecule has 0 saturated heterocycles. The molecular formula is C20H33N3O4. The average Bonchev–Trinajstić information content (AvgIpc) is 2.65. The minimum absolute atomic E-state index is 0.0518. The molecule has 0 radical (unpaired) electrons. The van der Waals surface area contributed by atoms with Crippen LogP contribution < -0.4 is 10.6 Å². The molecule has 7 heteroatoms. The van der Waals surface area contributed by atoms with Crippen LogP contribution in [0.1, 0.15) is 33.6 Å². The first kappa shape index (κ1) is 24.6. The summed E-state index contributed by atoms with van der Waals surface area (Å²) in [6, 6.07) is -0.386. The van der Waals surface area contributed by atoms with Gasteiger partial charge in [-0.2, -0.15) is 0 Å². The topological polar surface area (TPSA) is 87.7 Å². The summed E-state index contributed by atoms with van der Waals surface area (Å²) in [5, 5.41) is 5.63. The molecule has 2 amide bonds. The zero-order valence-corrected chi connectivity index (χ0v) is 16.8. The second-order valence-electron chi connectivity index (χ2n) is 6.10. The van der Waals surface area contributed by atoms with Crippen molar-refractivity contribution in [2.24, 2.45) is 0 Å². The van der Waals surface area contributed by atoms with Gasteiger partial charge >= 0.3 is 0 Å². The van der Waals surface area contributed by atoms with Crippen LogP contribution in [0.2, 0.25) is 0 Å². The molecule has 0 saturated carbocycles. The first-order chi connectivity index (χ1) is 13.0. The zero-order valence-electron chi connectivity index (χ0n) is 16.8. The molecule has 1 unspecified atom stereocenters. The van der Waals surface area contributed by atoms with Crippen molar-refractivity contribution in [3.05, 3.63) is 36.6 Å². The maximum atomic E-state index is 12.6. The molecule has 0 bridgehead atoms. The summed E-state index contributed by atoms with van der Waals surface area (Å²) in [7, 11) is 1.58. The predicted octanol–water partition coefficient (Wildman–Crippen LogP) is 1.57. The van der Waals surface area contributed by atoms with Crippen molar-refractivity contribution in [1.82, 2.24) is 15.5 Å². The highest BCUT2D eigenvalue weighted by atomic mass is 16.5. The van der Waals surface area contributed by atoms with E-state index in [1.54, 1.807) is 19.4 Å². The number of amides is 2. The molecule has 0 aromatic carbocycles. The summed E-state index contributed by atoms with van der Waals surface area (Å²) >= 11 is 0. The van der Waals surface area contributed by atoms with Crippen molar-refractivity contribution in [2.45, 2.75) is 45.8 Å². The maximum Gasteiger partial charge on any atom is 0.239 e. The Bertz CT molecular complexity index is 529. The van der Waals surface area contributed by atoms with Crippen molar-refractivity contribution >= 4 is 18.1 Å². The highest BCUT2D eigenvalue weighted by Gasteiger charge is 2.22. The van der Waals surface area contributed by atoms with Gasteiger partial charge in [0.15, 0.2) is 0 Å². The number of hydrogen-bond donors (Lipinski definition) is 2. The summed E-state index contributed by atoms with van der Waals surface area (Å²) < 4.78 is 5.56. The Balaban J connectivity index is 4.45. The second-order valence-corrected chi connectivity index (χ2v) is 6.10. The van der Waals surface area contributed by atoms with Gasteiger partial charge in [-0.1, -0.05) is 37.6 Å². The monoisotopic (exact) mass is 379 g/mol. The highest BCUT2D eigenvalue weighted by Crippen LogP contribution is 2.03. The molecule has 0 aliphatic rings. The molecule has 0 heterocycles. The number of carbonyl (C=O) groups is 3. The van der Waals surface area contributed by atoms with Gasteiger partial charge in [-0.15, -0.1) is 0 Å². The fraction of sp³-hybridized carbons (Fsp3) is 0.550. The molecule has 27 heavy (non-hydrogen) atoms. The van der Waals surface area contributed by atoms with Gasteiger partial charge in [0.25, 0.3) is 0 Å². The van der Waals surface area contributed by atoms with Gasteiger partial charge in [0, 0.05) is 13.6 Å². The number of likely N-dealkylation sites (N-methyl/N-ethyl adjacent to an activating group) is 1. The summed E-state index contributed by atoms with van der Waals surface area (Å²) in [6.07, 6.45) is 13.0. The SMILES string of the molecule is C\C=C/C=C\C=C\O[C@H](C)CNC(CCC)C(=O)N(C)CC(=O)NCC=O. The number of rotatable bonds is 14. The minimum Gasteiger partial charge on any atom is -0.497 e. The van der Waals surface area contributed by atoms with Gasteiger partial charge in [-0.3, -0.25) is 9.59 Å². The first-order valence-corrected chi connectivity index (χ1v) is 9.24. The third-order valence-electron chi connectivity index (χ3n) is 3.58. The van der Waals surface area contributed by atoms with Crippen molar-refractivity contribution < 1.29 is 19.1 Å². The predicted molar refractivity (Wildman–Crippen MR) is 107 cm³/mol. The fourth-order valence-corrected chi connectivity index (χ4v) is 2.19. The average molecular weight is 380 g/mol.